The van der Waals surface area contributed by atoms with E-state index in [-0.39, 0.29) is 31.0 Å². The molecule has 39 heavy (non-hydrogen) atoms. The Morgan fingerprint density at radius 3 is 2.51 bits per heavy atom. The standard InChI is InChI=1S/C28H28ClF3N2O5/c1-16-10-17-6-7-34(24(17)15-23(16)28(30,31)32)27(36)26(22-5-4-18(29)11-25(22)38-3)33-19-12-20(37-2)14-21(13-19)39-9-8-35/h4-5,10-15,26,33,35H,6-9H2,1-3H3. The number of carbonyl (C=O) groups excluding carboxylic acids is 1. The van der Waals surface area contributed by atoms with Gasteiger partial charge in [-0.2, -0.15) is 13.2 Å². The van der Waals surface area contributed by atoms with Gasteiger partial charge in [-0.3, -0.25) is 4.79 Å². The van der Waals surface area contributed by atoms with Crippen molar-refractivity contribution in [3.05, 3.63) is 75.8 Å². The van der Waals surface area contributed by atoms with E-state index in [1.807, 2.05) is 0 Å². The Labute approximate surface area is 229 Å². The molecule has 0 saturated heterocycles. The second-order valence-electron chi connectivity index (χ2n) is 8.97. The van der Waals surface area contributed by atoms with Gasteiger partial charge in [0.15, 0.2) is 0 Å². The Morgan fingerprint density at radius 2 is 1.85 bits per heavy atom. The van der Waals surface area contributed by atoms with E-state index in [0.29, 0.717) is 45.5 Å². The normalized spacial score (nSPS) is 13.6. The van der Waals surface area contributed by atoms with Crippen molar-refractivity contribution in [1.29, 1.82) is 0 Å². The lowest BCUT2D eigenvalue weighted by Crippen LogP contribution is -2.37. The van der Waals surface area contributed by atoms with Gasteiger partial charge in [-0.1, -0.05) is 23.7 Å². The van der Waals surface area contributed by atoms with Gasteiger partial charge in [-0.15, -0.1) is 0 Å². The highest BCUT2D eigenvalue weighted by Crippen LogP contribution is 2.41. The molecule has 1 amide bonds. The van der Waals surface area contributed by atoms with Crippen molar-refractivity contribution < 1.29 is 37.3 Å². The highest BCUT2D eigenvalue weighted by atomic mass is 35.5. The van der Waals surface area contributed by atoms with E-state index in [1.165, 1.54) is 32.1 Å². The zero-order valence-corrected chi connectivity index (χ0v) is 22.3. The monoisotopic (exact) mass is 564 g/mol. The van der Waals surface area contributed by atoms with Gasteiger partial charge >= 0.3 is 6.18 Å². The first-order valence-electron chi connectivity index (χ1n) is 12.1. The van der Waals surface area contributed by atoms with Crippen LogP contribution in [0.3, 0.4) is 0 Å². The van der Waals surface area contributed by atoms with Gasteiger partial charge in [0.2, 0.25) is 0 Å². The summed E-state index contributed by atoms with van der Waals surface area (Å²) in [5.74, 6) is 0.662. The van der Waals surface area contributed by atoms with E-state index < -0.39 is 23.7 Å². The van der Waals surface area contributed by atoms with Gasteiger partial charge in [0.1, 0.15) is 29.9 Å². The average Bonchev–Trinajstić information content (AvgIpc) is 3.31. The lowest BCUT2D eigenvalue weighted by atomic mass is 10.0. The fourth-order valence-corrected chi connectivity index (χ4v) is 4.80. The maximum atomic E-state index is 14.1. The summed E-state index contributed by atoms with van der Waals surface area (Å²) in [6, 6.07) is 11.2. The lowest BCUT2D eigenvalue weighted by molar-refractivity contribution is -0.138. The molecule has 0 aromatic heterocycles. The molecule has 3 aromatic carbocycles. The maximum absolute atomic E-state index is 14.1. The highest BCUT2D eigenvalue weighted by molar-refractivity contribution is 6.30. The number of aryl methyl sites for hydroxylation is 1. The number of amides is 1. The van der Waals surface area contributed by atoms with Crippen LogP contribution in [-0.4, -0.2) is 45.0 Å². The average molecular weight is 565 g/mol. The van der Waals surface area contributed by atoms with Crippen molar-refractivity contribution in [2.75, 3.05) is 44.2 Å². The largest absolute Gasteiger partial charge is 0.497 e. The third-order valence-corrected chi connectivity index (χ3v) is 6.67. The smallest absolute Gasteiger partial charge is 0.416 e. The maximum Gasteiger partial charge on any atom is 0.416 e. The van der Waals surface area contributed by atoms with Crippen LogP contribution in [0, 0.1) is 6.92 Å². The molecule has 11 heteroatoms. The first-order valence-corrected chi connectivity index (χ1v) is 12.5. The fourth-order valence-electron chi connectivity index (χ4n) is 4.63. The quantitative estimate of drug-likeness (QED) is 0.342. The fraction of sp³-hybridized carbons (Fsp3) is 0.321. The molecule has 4 rings (SSSR count). The molecule has 1 unspecified atom stereocenters. The number of anilines is 2. The molecular weight excluding hydrogens is 537 g/mol. The third-order valence-electron chi connectivity index (χ3n) is 6.43. The van der Waals surface area contributed by atoms with Crippen molar-refractivity contribution in [3.63, 3.8) is 0 Å². The first kappa shape index (κ1) is 28.4. The van der Waals surface area contributed by atoms with E-state index in [1.54, 1.807) is 36.4 Å². The molecule has 1 heterocycles. The molecule has 1 atom stereocenters. The minimum absolute atomic E-state index is 0.0471. The zero-order valence-electron chi connectivity index (χ0n) is 21.6. The summed E-state index contributed by atoms with van der Waals surface area (Å²) in [6.07, 6.45) is -4.14. The number of carbonyl (C=O) groups is 1. The molecule has 208 valence electrons. The Morgan fingerprint density at radius 1 is 1.10 bits per heavy atom. The summed E-state index contributed by atoms with van der Waals surface area (Å²) in [5, 5.41) is 12.7. The lowest BCUT2D eigenvalue weighted by Gasteiger charge is -2.28. The van der Waals surface area contributed by atoms with E-state index in [9.17, 15) is 18.0 Å². The Kier molecular flexibility index (Phi) is 8.46. The van der Waals surface area contributed by atoms with Gasteiger partial charge < -0.3 is 29.5 Å². The molecule has 0 radical (unpaired) electrons. The number of halogens is 4. The first-order chi connectivity index (χ1) is 18.5. The number of nitrogens with one attached hydrogen (secondary N) is 1. The summed E-state index contributed by atoms with van der Waals surface area (Å²) in [5.41, 5.74) is 1.08. The number of aliphatic hydroxyl groups excluding tert-OH is 1. The van der Waals surface area contributed by atoms with E-state index in [4.69, 9.17) is 30.9 Å². The molecular formula is C28H28ClF3N2O5. The molecule has 2 N–H and O–H groups in total. The van der Waals surface area contributed by atoms with Crippen LogP contribution in [0.2, 0.25) is 5.02 Å². The molecule has 0 aliphatic carbocycles. The second kappa shape index (κ2) is 11.6. The van der Waals surface area contributed by atoms with Gasteiger partial charge in [0.25, 0.3) is 5.91 Å². The molecule has 0 fully saturated rings. The topological polar surface area (TPSA) is 80.3 Å². The number of methoxy groups -OCH3 is 2. The van der Waals surface area contributed by atoms with Crippen LogP contribution in [0.4, 0.5) is 24.5 Å². The van der Waals surface area contributed by atoms with Crippen LogP contribution in [-0.2, 0) is 17.4 Å². The van der Waals surface area contributed by atoms with E-state index >= 15 is 0 Å². The molecule has 0 saturated carbocycles. The zero-order chi connectivity index (χ0) is 28.3. The molecule has 1 aliphatic heterocycles. The Hall–Kier alpha value is -3.63. The van der Waals surface area contributed by atoms with Gasteiger partial charge in [-0.25, -0.2) is 0 Å². The Bertz CT molecular complexity index is 1370. The minimum Gasteiger partial charge on any atom is -0.497 e. The van der Waals surface area contributed by atoms with Crippen LogP contribution in [0.5, 0.6) is 17.2 Å². The van der Waals surface area contributed by atoms with Crippen molar-refractivity contribution >= 4 is 28.9 Å². The summed E-state index contributed by atoms with van der Waals surface area (Å²) in [7, 11) is 2.91. The number of alkyl halides is 3. The van der Waals surface area contributed by atoms with E-state index in [2.05, 4.69) is 5.32 Å². The number of ether oxygens (including phenoxy) is 3. The number of hydrogen-bond donors (Lipinski definition) is 2. The third kappa shape index (κ3) is 6.17. The number of benzene rings is 3. The number of fused-ring (bicyclic) bond motifs is 1. The van der Waals surface area contributed by atoms with Crippen molar-refractivity contribution in [2.45, 2.75) is 25.6 Å². The molecule has 0 spiro atoms. The van der Waals surface area contributed by atoms with Crippen molar-refractivity contribution in [1.82, 2.24) is 0 Å². The van der Waals surface area contributed by atoms with Crippen LogP contribution < -0.4 is 24.4 Å². The summed E-state index contributed by atoms with van der Waals surface area (Å²) < 4.78 is 57.5. The van der Waals surface area contributed by atoms with Crippen LogP contribution >= 0.6 is 11.6 Å². The molecule has 3 aromatic rings. The van der Waals surface area contributed by atoms with Crippen LogP contribution in [0.25, 0.3) is 0 Å². The van der Waals surface area contributed by atoms with Crippen LogP contribution in [0.15, 0.2) is 48.5 Å². The number of nitrogens with zero attached hydrogens (tertiary/aromatic N) is 1. The van der Waals surface area contributed by atoms with Gasteiger partial charge in [0.05, 0.1) is 26.4 Å². The SMILES string of the molecule is COc1cc(NC(C(=O)N2CCc3cc(C)c(C(F)(F)F)cc32)c2ccc(Cl)cc2OC)cc(OCCO)c1. The van der Waals surface area contributed by atoms with Gasteiger partial charge in [0, 0.05) is 46.7 Å². The molecule has 1 aliphatic rings. The number of aliphatic hydroxyl groups is 1. The van der Waals surface area contributed by atoms with Crippen LogP contribution in [0.1, 0.15) is 28.3 Å². The number of hydrogen-bond acceptors (Lipinski definition) is 6. The molecule has 7 nitrogen and oxygen atoms in total. The summed E-state index contributed by atoms with van der Waals surface area (Å²) >= 11 is 6.16. The Balaban J connectivity index is 1.79. The predicted octanol–water partition coefficient (Wildman–Crippen LogP) is 5.80. The van der Waals surface area contributed by atoms with Gasteiger partial charge in [-0.05, 0) is 42.7 Å². The van der Waals surface area contributed by atoms with Crippen molar-refractivity contribution in [2.24, 2.45) is 0 Å². The summed E-state index contributed by atoms with van der Waals surface area (Å²) in [4.78, 5) is 15.5. The highest BCUT2D eigenvalue weighted by Gasteiger charge is 2.38. The summed E-state index contributed by atoms with van der Waals surface area (Å²) in [6.45, 7) is 1.48. The van der Waals surface area contributed by atoms with Crippen molar-refractivity contribution in [3.8, 4) is 17.2 Å². The number of rotatable bonds is 9. The van der Waals surface area contributed by atoms with E-state index in [0.717, 1.165) is 6.07 Å². The predicted molar refractivity (Wildman–Crippen MR) is 142 cm³/mol. The molecule has 0 bridgehead atoms. The minimum atomic E-state index is -4.56. The second-order valence-corrected chi connectivity index (χ2v) is 9.40.